The molecular weight excluding hydrogens is 96.1 g/mol. The lowest BCUT2D eigenvalue weighted by Gasteiger charge is -1.83. The van der Waals surface area contributed by atoms with Crippen LogP contribution in [0.15, 0.2) is 49.6 Å². The molecule has 0 saturated carbocycles. The van der Waals surface area contributed by atoms with Gasteiger partial charge in [-0.05, 0) is 5.57 Å². The topological polar surface area (TPSA) is 0 Å². The van der Waals surface area contributed by atoms with Crippen molar-refractivity contribution in [3.05, 3.63) is 49.6 Å². The maximum absolute atomic E-state index is 3.56. The summed E-state index contributed by atoms with van der Waals surface area (Å²) in [5, 5.41) is 0. The molecule has 0 fully saturated rings. The molecule has 0 atom stereocenters. The summed E-state index contributed by atoms with van der Waals surface area (Å²) in [6.45, 7) is 10.7. The minimum atomic E-state index is 1.00. The summed E-state index contributed by atoms with van der Waals surface area (Å²) in [4.78, 5) is 0. The first-order valence-electron chi connectivity index (χ1n) is 2.42. The lowest BCUT2D eigenvalue weighted by molar-refractivity contribution is 1.73. The lowest BCUT2D eigenvalue weighted by Crippen LogP contribution is -1.63. The molecule has 0 unspecified atom stereocenters. The van der Waals surface area contributed by atoms with Gasteiger partial charge in [0.1, 0.15) is 0 Å². The van der Waals surface area contributed by atoms with Gasteiger partial charge in [-0.1, -0.05) is 44.0 Å². The van der Waals surface area contributed by atoms with Crippen LogP contribution in [-0.2, 0) is 0 Å². The van der Waals surface area contributed by atoms with Crippen LogP contribution in [0.5, 0.6) is 0 Å². The molecule has 0 radical (unpaired) electrons. The van der Waals surface area contributed by atoms with Crippen LogP contribution in [0.25, 0.3) is 0 Å². The molecule has 0 nitrogen and oxygen atoms in total. The third-order valence-corrected chi connectivity index (χ3v) is 0.782. The predicted molar refractivity (Wildman–Crippen MR) is 38.7 cm³/mol. The Morgan fingerprint density at radius 2 is 1.50 bits per heavy atom. The largest absolute Gasteiger partial charge is 0.0990 e. The molecule has 0 bridgehead atoms. The summed E-state index contributed by atoms with van der Waals surface area (Å²) >= 11 is 0. The van der Waals surface area contributed by atoms with Gasteiger partial charge in [-0.2, -0.15) is 0 Å². The zero-order valence-electron chi connectivity index (χ0n) is 4.93. The second-order valence-corrected chi connectivity index (χ2v) is 1.31. The highest BCUT2D eigenvalue weighted by Gasteiger charge is 1.73. The van der Waals surface area contributed by atoms with Crippen LogP contribution in [0.3, 0.4) is 0 Å². The van der Waals surface area contributed by atoms with Crippen molar-refractivity contribution in [2.24, 2.45) is 0 Å². The number of rotatable bonds is 3. The van der Waals surface area contributed by atoms with E-state index in [1.54, 1.807) is 18.2 Å². The van der Waals surface area contributed by atoms with Gasteiger partial charge in [0.25, 0.3) is 0 Å². The predicted octanol–water partition coefficient (Wildman–Crippen LogP) is 2.47. The SMILES string of the molecule is C=CC=C(C=C)C=C. The van der Waals surface area contributed by atoms with Crippen LogP contribution in [0.1, 0.15) is 0 Å². The summed E-state index contributed by atoms with van der Waals surface area (Å²) < 4.78 is 0. The molecule has 8 heavy (non-hydrogen) atoms. The Bertz CT molecular complexity index is 117. The first kappa shape index (κ1) is 6.96. The summed E-state index contributed by atoms with van der Waals surface area (Å²) in [7, 11) is 0. The van der Waals surface area contributed by atoms with Crippen molar-refractivity contribution in [3.63, 3.8) is 0 Å². The van der Waals surface area contributed by atoms with Gasteiger partial charge in [-0.15, -0.1) is 0 Å². The molecule has 0 spiro atoms. The van der Waals surface area contributed by atoms with Gasteiger partial charge in [0.05, 0.1) is 0 Å². The van der Waals surface area contributed by atoms with Gasteiger partial charge < -0.3 is 0 Å². The molecular formula is C8H10. The van der Waals surface area contributed by atoms with E-state index in [2.05, 4.69) is 19.7 Å². The molecule has 0 N–H and O–H groups in total. The zero-order chi connectivity index (χ0) is 6.41. The highest BCUT2D eigenvalue weighted by molar-refractivity contribution is 5.30. The van der Waals surface area contributed by atoms with Gasteiger partial charge in [0.2, 0.25) is 0 Å². The monoisotopic (exact) mass is 106 g/mol. The van der Waals surface area contributed by atoms with Crippen LogP contribution >= 0.6 is 0 Å². The van der Waals surface area contributed by atoms with E-state index in [4.69, 9.17) is 0 Å². The van der Waals surface area contributed by atoms with Crippen molar-refractivity contribution >= 4 is 0 Å². The van der Waals surface area contributed by atoms with E-state index >= 15 is 0 Å². The highest BCUT2D eigenvalue weighted by atomic mass is 13.8. The first-order chi connectivity index (χ1) is 3.85. The molecule has 0 heterocycles. The van der Waals surface area contributed by atoms with Crippen molar-refractivity contribution < 1.29 is 0 Å². The zero-order valence-corrected chi connectivity index (χ0v) is 4.93. The number of allylic oxidation sites excluding steroid dienone is 5. The Kier molecular flexibility index (Phi) is 3.59. The quantitative estimate of drug-likeness (QED) is 0.485. The van der Waals surface area contributed by atoms with E-state index in [9.17, 15) is 0 Å². The molecule has 0 aliphatic heterocycles. The van der Waals surface area contributed by atoms with Crippen LogP contribution in [0.4, 0.5) is 0 Å². The van der Waals surface area contributed by atoms with Crippen molar-refractivity contribution in [1.29, 1.82) is 0 Å². The molecule has 0 saturated heterocycles. The van der Waals surface area contributed by atoms with Crippen molar-refractivity contribution in [2.75, 3.05) is 0 Å². The molecule has 0 aromatic rings. The summed E-state index contributed by atoms with van der Waals surface area (Å²) in [5.74, 6) is 0. The van der Waals surface area contributed by atoms with Crippen LogP contribution in [-0.4, -0.2) is 0 Å². The van der Waals surface area contributed by atoms with E-state index < -0.39 is 0 Å². The maximum Gasteiger partial charge on any atom is -0.0269 e. The normalized spacial score (nSPS) is 7.00. The molecule has 0 rings (SSSR count). The van der Waals surface area contributed by atoms with Gasteiger partial charge in [-0.25, -0.2) is 0 Å². The van der Waals surface area contributed by atoms with E-state index in [1.165, 1.54) is 0 Å². The molecule has 0 aromatic heterocycles. The van der Waals surface area contributed by atoms with Gasteiger partial charge in [0.15, 0.2) is 0 Å². The van der Waals surface area contributed by atoms with Crippen LogP contribution in [0.2, 0.25) is 0 Å². The number of hydrogen-bond donors (Lipinski definition) is 0. The van der Waals surface area contributed by atoms with Gasteiger partial charge in [-0.3, -0.25) is 0 Å². The molecule has 0 aliphatic carbocycles. The summed E-state index contributed by atoms with van der Waals surface area (Å²) in [6.07, 6.45) is 7.02. The number of hydrogen-bond acceptors (Lipinski definition) is 0. The Morgan fingerprint density at radius 3 is 1.62 bits per heavy atom. The molecule has 42 valence electrons. The minimum Gasteiger partial charge on any atom is -0.0990 e. The standard InChI is InChI=1S/C8H10/c1-4-7-8(5-2)6-3/h4-7H,1-3H2. The fourth-order valence-electron chi connectivity index (χ4n) is 0.355. The maximum atomic E-state index is 3.56. The Labute approximate surface area is 50.5 Å². The van der Waals surface area contributed by atoms with Crippen LogP contribution in [0, 0.1) is 0 Å². The Hall–Kier alpha value is -1.04. The Morgan fingerprint density at radius 1 is 1.00 bits per heavy atom. The van der Waals surface area contributed by atoms with E-state index in [0.29, 0.717) is 0 Å². The molecule has 0 heteroatoms. The minimum absolute atomic E-state index is 1.00. The molecule has 0 aliphatic rings. The average molecular weight is 106 g/mol. The van der Waals surface area contributed by atoms with Crippen LogP contribution < -0.4 is 0 Å². The third kappa shape index (κ3) is 2.19. The summed E-state index contributed by atoms with van der Waals surface area (Å²) in [6, 6.07) is 0. The van der Waals surface area contributed by atoms with E-state index in [-0.39, 0.29) is 0 Å². The van der Waals surface area contributed by atoms with Crippen molar-refractivity contribution in [2.45, 2.75) is 0 Å². The van der Waals surface area contributed by atoms with E-state index in [1.807, 2.05) is 6.08 Å². The fraction of sp³-hybridized carbons (Fsp3) is 0. The second kappa shape index (κ2) is 4.13. The van der Waals surface area contributed by atoms with Crippen molar-refractivity contribution in [3.8, 4) is 0 Å². The highest BCUT2D eigenvalue weighted by Crippen LogP contribution is 1.94. The Balaban J connectivity index is 4.05. The van der Waals surface area contributed by atoms with Gasteiger partial charge >= 0.3 is 0 Å². The molecule has 0 aromatic carbocycles. The average Bonchev–Trinajstić information content (AvgIpc) is 1.83. The fourth-order valence-corrected chi connectivity index (χ4v) is 0.355. The van der Waals surface area contributed by atoms with Crippen molar-refractivity contribution in [1.82, 2.24) is 0 Å². The lowest BCUT2D eigenvalue weighted by atomic mass is 10.2. The van der Waals surface area contributed by atoms with E-state index in [0.717, 1.165) is 5.57 Å². The summed E-state index contributed by atoms with van der Waals surface area (Å²) in [5.41, 5.74) is 1.00. The molecule has 0 amide bonds. The smallest absolute Gasteiger partial charge is 0.0269 e. The van der Waals surface area contributed by atoms with Gasteiger partial charge in [0, 0.05) is 0 Å². The second-order valence-electron chi connectivity index (χ2n) is 1.31. The third-order valence-electron chi connectivity index (χ3n) is 0.782. The first-order valence-corrected chi connectivity index (χ1v) is 2.42.